The van der Waals surface area contributed by atoms with Crippen molar-refractivity contribution in [2.45, 2.75) is 0 Å². The van der Waals surface area contributed by atoms with Crippen molar-refractivity contribution < 1.29 is 0 Å². The molecule has 0 bridgehead atoms. The summed E-state index contributed by atoms with van der Waals surface area (Å²) in [4.78, 5) is 17.4. The minimum absolute atomic E-state index is 0.931. The Morgan fingerprint density at radius 1 is 0.475 bits per heavy atom. The van der Waals surface area contributed by atoms with Crippen LogP contribution in [0, 0.1) is 0 Å². The molecule has 0 aliphatic heterocycles. The number of nitrogens with zero attached hydrogens (tertiary/aromatic N) is 2. The summed E-state index contributed by atoms with van der Waals surface area (Å²) in [5, 5.41) is 8.20. The number of hydrogen-bond donors (Lipinski definition) is 2. The molecule has 4 heterocycles. The first kappa shape index (κ1) is 21.5. The van der Waals surface area contributed by atoms with Crippen LogP contribution in [0.5, 0.6) is 0 Å². The quantitative estimate of drug-likeness (QED) is 0.228. The molecule has 0 aliphatic carbocycles. The average molecular weight is 511 g/mol. The van der Waals surface area contributed by atoms with E-state index in [2.05, 4.69) is 119 Å². The first-order valence-corrected chi connectivity index (χ1v) is 13.5. The van der Waals surface area contributed by atoms with E-state index in [1.807, 2.05) is 12.4 Å². The number of aromatic amines is 2. The first-order valence-electron chi connectivity index (χ1n) is 13.5. The Kier molecular flexibility index (Phi) is 4.30. The third-order valence-electron chi connectivity index (χ3n) is 8.25. The first-order chi connectivity index (χ1) is 19.8. The van der Waals surface area contributed by atoms with Crippen LogP contribution in [0.15, 0.2) is 122 Å². The van der Waals surface area contributed by atoms with Crippen LogP contribution < -0.4 is 0 Å². The van der Waals surface area contributed by atoms with Gasteiger partial charge in [0.25, 0.3) is 0 Å². The molecule has 0 spiro atoms. The number of hydrogen-bond acceptors (Lipinski definition) is 2. The van der Waals surface area contributed by atoms with E-state index >= 15 is 0 Å². The van der Waals surface area contributed by atoms with E-state index in [1.54, 1.807) is 0 Å². The molecule has 4 heteroatoms. The van der Waals surface area contributed by atoms with Gasteiger partial charge in [0, 0.05) is 66.9 Å². The van der Waals surface area contributed by atoms with Crippen molar-refractivity contribution in [3.8, 4) is 22.4 Å². The maximum atomic E-state index is 5.07. The number of fused-ring (bicyclic) bond motifs is 9. The van der Waals surface area contributed by atoms with E-state index in [9.17, 15) is 0 Å². The zero-order valence-electron chi connectivity index (χ0n) is 21.4. The summed E-state index contributed by atoms with van der Waals surface area (Å²) in [6.07, 6.45) is 3.90. The highest BCUT2D eigenvalue weighted by molar-refractivity contribution is 6.22. The highest BCUT2D eigenvalue weighted by atomic mass is 14.8. The third kappa shape index (κ3) is 2.90. The van der Waals surface area contributed by atoms with Gasteiger partial charge in [-0.2, -0.15) is 0 Å². The molecule has 0 amide bonds. The molecule has 0 saturated carbocycles. The number of benzene rings is 5. The summed E-state index contributed by atoms with van der Waals surface area (Å²) >= 11 is 0. The van der Waals surface area contributed by atoms with Crippen molar-refractivity contribution in [1.29, 1.82) is 0 Å². The van der Waals surface area contributed by atoms with Crippen LogP contribution >= 0.6 is 0 Å². The molecule has 0 atom stereocenters. The highest BCUT2D eigenvalue weighted by Gasteiger charge is 2.21. The summed E-state index contributed by atoms with van der Waals surface area (Å²) < 4.78 is 0. The summed E-state index contributed by atoms with van der Waals surface area (Å²) in [6, 6.07) is 38.5. The lowest BCUT2D eigenvalue weighted by Crippen LogP contribution is -1.94. The third-order valence-corrected chi connectivity index (χ3v) is 8.25. The lowest BCUT2D eigenvalue weighted by molar-refractivity contribution is 1.34. The monoisotopic (exact) mass is 510 g/mol. The molecule has 40 heavy (non-hydrogen) atoms. The smallest absolute Gasteiger partial charge is 0.0956 e. The Morgan fingerprint density at radius 2 is 1.15 bits per heavy atom. The maximum Gasteiger partial charge on any atom is 0.0956 e. The van der Waals surface area contributed by atoms with Crippen LogP contribution in [-0.4, -0.2) is 19.9 Å². The van der Waals surface area contributed by atoms with Crippen molar-refractivity contribution in [1.82, 2.24) is 19.9 Å². The molecule has 0 saturated heterocycles. The summed E-state index contributed by atoms with van der Waals surface area (Å²) in [6.45, 7) is 0. The minimum atomic E-state index is 0.931. The van der Waals surface area contributed by atoms with Gasteiger partial charge in [0.2, 0.25) is 0 Å². The fourth-order valence-corrected chi connectivity index (χ4v) is 6.48. The highest BCUT2D eigenvalue weighted by Crippen LogP contribution is 2.45. The zero-order chi connectivity index (χ0) is 26.2. The number of nitrogens with one attached hydrogen (secondary N) is 2. The number of rotatable bonds is 2. The molecule has 4 aromatic heterocycles. The lowest BCUT2D eigenvalue weighted by Gasteiger charge is -2.16. The van der Waals surface area contributed by atoms with Crippen molar-refractivity contribution in [2.75, 3.05) is 0 Å². The van der Waals surface area contributed by atoms with Crippen molar-refractivity contribution in [3.05, 3.63) is 122 Å². The fourth-order valence-electron chi connectivity index (χ4n) is 6.48. The van der Waals surface area contributed by atoms with Gasteiger partial charge in [0.15, 0.2) is 0 Å². The SMILES string of the molecule is c1ccc2c(c1)cnc1ccc(-c3cccc4c3[nH]c3ccccc34)c(-c3nccc4c3[nH]c3ccccc34)c12. The van der Waals surface area contributed by atoms with E-state index in [0.717, 1.165) is 60.7 Å². The molecule has 0 fully saturated rings. The molecule has 9 rings (SSSR count). The van der Waals surface area contributed by atoms with Gasteiger partial charge in [-0.1, -0.05) is 84.9 Å². The van der Waals surface area contributed by atoms with Crippen LogP contribution in [0.1, 0.15) is 0 Å². The van der Waals surface area contributed by atoms with Gasteiger partial charge in [0.1, 0.15) is 0 Å². The van der Waals surface area contributed by atoms with Crippen LogP contribution in [-0.2, 0) is 0 Å². The predicted molar refractivity (Wildman–Crippen MR) is 167 cm³/mol. The van der Waals surface area contributed by atoms with Crippen molar-refractivity contribution >= 4 is 65.3 Å². The summed E-state index contributed by atoms with van der Waals surface area (Å²) in [5.41, 5.74) is 9.65. The second-order valence-corrected chi connectivity index (χ2v) is 10.4. The number of para-hydroxylation sites is 3. The average Bonchev–Trinajstić information content (AvgIpc) is 3.59. The van der Waals surface area contributed by atoms with Gasteiger partial charge in [-0.25, -0.2) is 0 Å². The Morgan fingerprint density at radius 3 is 1.98 bits per heavy atom. The molecular weight excluding hydrogens is 488 g/mol. The molecule has 0 radical (unpaired) electrons. The number of aromatic nitrogens is 4. The van der Waals surface area contributed by atoms with Crippen LogP contribution in [0.3, 0.4) is 0 Å². The molecule has 0 aliphatic rings. The summed E-state index contributed by atoms with van der Waals surface area (Å²) in [5.74, 6) is 0. The number of H-pyrrole nitrogens is 2. The van der Waals surface area contributed by atoms with Crippen LogP contribution in [0.25, 0.3) is 87.7 Å². The van der Waals surface area contributed by atoms with Crippen molar-refractivity contribution in [3.63, 3.8) is 0 Å². The van der Waals surface area contributed by atoms with Gasteiger partial charge in [-0.15, -0.1) is 0 Å². The second-order valence-electron chi connectivity index (χ2n) is 10.4. The van der Waals surface area contributed by atoms with Crippen LogP contribution in [0.4, 0.5) is 0 Å². The van der Waals surface area contributed by atoms with E-state index in [4.69, 9.17) is 9.97 Å². The van der Waals surface area contributed by atoms with Crippen LogP contribution in [0.2, 0.25) is 0 Å². The Balaban J connectivity index is 1.49. The predicted octanol–water partition coefficient (Wildman–Crippen LogP) is 9.39. The summed E-state index contributed by atoms with van der Waals surface area (Å²) in [7, 11) is 0. The maximum absolute atomic E-state index is 5.07. The Labute approximate surface area is 228 Å². The van der Waals surface area contributed by atoms with Crippen molar-refractivity contribution in [2.24, 2.45) is 0 Å². The molecule has 4 nitrogen and oxygen atoms in total. The largest absolute Gasteiger partial charge is 0.354 e. The molecular formula is C36H22N4. The topological polar surface area (TPSA) is 57.4 Å². The zero-order valence-corrected chi connectivity index (χ0v) is 21.4. The molecule has 0 unspecified atom stereocenters. The standard InChI is InChI=1S/C36H22N4/c1-2-9-22-21(8-1)20-38-31-17-16-25(27-13-7-12-26-23-10-3-5-14-29(23)39-34(26)27)33(32(22)31)36-35-28(18-19-37-36)24-11-4-6-15-30(24)40-35/h1-20,39-40H. The van der Waals surface area contributed by atoms with Gasteiger partial charge in [-0.3, -0.25) is 9.97 Å². The van der Waals surface area contributed by atoms with Gasteiger partial charge in [-0.05, 0) is 35.2 Å². The normalized spacial score (nSPS) is 12.0. The van der Waals surface area contributed by atoms with Gasteiger partial charge >= 0.3 is 0 Å². The molecule has 5 aromatic carbocycles. The van der Waals surface area contributed by atoms with Gasteiger partial charge < -0.3 is 9.97 Å². The van der Waals surface area contributed by atoms with E-state index < -0.39 is 0 Å². The fraction of sp³-hybridized carbons (Fsp3) is 0. The number of pyridine rings is 2. The minimum Gasteiger partial charge on any atom is -0.354 e. The van der Waals surface area contributed by atoms with Gasteiger partial charge in [0.05, 0.1) is 22.2 Å². The Hall–Kier alpha value is -5.48. The Bertz CT molecular complexity index is 2440. The van der Waals surface area contributed by atoms with E-state index in [-0.39, 0.29) is 0 Å². The molecule has 2 N–H and O–H groups in total. The van der Waals surface area contributed by atoms with E-state index in [1.165, 1.54) is 26.9 Å². The lowest BCUT2D eigenvalue weighted by atomic mass is 9.90. The molecule has 9 aromatic rings. The second kappa shape index (κ2) is 8.01. The molecule has 186 valence electrons. The van der Waals surface area contributed by atoms with E-state index in [0.29, 0.717) is 0 Å².